The summed E-state index contributed by atoms with van der Waals surface area (Å²) >= 11 is 0. The average Bonchev–Trinajstić information content (AvgIpc) is 2.46. The summed E-state index contributed by atoms with van der Waals surface area (Å²) in [4.78, 5) is 0. The predicted octanol–water partition coefficient (Wildman–Crippen LogP) is 5.50. The van der Waals surface area contributed by atoms with Crippen LogP contribution in [0.5, 0.6) is 0 Å². The highest BCUT2D eigenvalue weighted by Crippen LogP contribution is 2.31. The van der Waals surface area contributed by atoms with Crippen LogP contribution in [0, 0.1) is 5.92 Å². The minimum absolute atomic E-state index is 0.239. The van der Waals surface area contributed by atoms with Gasteiger partial charge in [-0.15, -0.1) is 0 Å². The molecule has 1 N–H and O–H groups in total. The highest BCUT2D eigenvalue weighted by atomic mass is 14.9. The maximum Gasteiger partial charge on any atom is 0.00228 e. The van der Waals surface area contributed by atoms with E-state index in [1.165, 1.54) is 30.4 Å². The van der Waals surface area contributed by atoms with Gasteiger partial charge in [0.05, 0.1) is 0 Å². The van der Waals surface area contributed by atoms with Crippen LogP contribution in [-0.4, -0.2) is 13.1 Å². The molecule has 0 amide bonds. The second kappa shape index (κ2) is 8.58. The Morgan fingerprint density at radius 3 is 1.95 bits per heavy atom. The van der Waals surface area contributed by atoms with Gasteiger partial charge in [0.2, 0.25) is 0 Å². The molecule has 1 aromatic carbocycles. The summed E-state index contributed by atoms with van der Waals surface area (Å²) in [5.74, 6) is 1.41. The van der Waals surface area contributed by atoms with Crippen LogP contribution in [0.1, 0.15) is 77.8 Å². The van der Waals surface area contributed by atoms with Gasteiger partial charge < -0.3 is 5.32 Å². The van der Waals surface area contributed by atoms with Crippen LogP contribution in [0.25, 0.3) is 0 Å². The molecule has 0 fully saturated rings. The lowest BCUT2D eigenvalue weighted by molar-refractivity contribution is 0.380. The van der Waals surface area contributed by atoms with Gasteiger partial charge in [-0.2, -0.15) is 0 Å². The Bertz CT molecular complexity index is 381. The van der Waals surface area contributed by atoms with Crippen LogP contribution in [0.4, 0.5) is 0 Å². The van der Waals surface area contributed by atoms with Gasteiger partial charge in [-0.1, -0.05) is 78.6 Å². The van der Waals surface area contributed by atoms with Gasteiger partial charge in [0.1, 0.15) is 0 Å². The molecule has 0 bridgehead atoms. The first-order chi connectivity index (χ1) is 9.93. The molecular weight excluding hydrogens is 254 g/mol. The molecule has 1 aromatic rings. The fourth-order valence-electron chi connectivity index (χ4n) is 3.08. The van der Waals surface area contributed by atoms with Crippen LogP contribution in [0.15, 0.2) is 24.3 Å². The third kappa shape index (κ3) is 5.47. The minimum Gasteiger partial charge on any atom is -0.316 e. The molecule has 21 heavy (non-hydrogen) atoms. The number of rotatable bonds is 8. The van der Waals surface area contributed by atoms with E-state index in [2.05, 4.69) is 71.1 Å². The normalized spacial score (nSPS) is 13.7. The summed E-state index contributed by atoms with van der Waals surface area (Å²) in [7, 11) is 0. The zero-order chi connectivity index (χ0) is 15.9. The lowest BCUT2D eigenvalue weighted by Crippen LogP contribution is -2.27. The molecular formula is C20H35N. The molecule has 0 aliphatic carbocycles. The Hall–Kier alpha value is -0.820. The van der Waals surface area contributed by atoms with E-state index in [1.54, 1.807) is 0 Å². The molecule has 0 aromatic heterocycles. The van der Waals surface area contributed by atoms with Gasteiger partial charge in [-0.3, -0.25) is 0 Å². The van der Waals surface area contributed by atoms with Gasteiger partial charge in [0.15, 0.2) is 0 Å². The van der Waals surface area contributed by atoms with E-state index in [9.17, 15) is 0 Å². The lowest BCUT2D eigenvalue weighted by atomic mass is 9.80. The maximum atomic E-state index is 3.63. The van der Waals surface area contributed by atoms with Crippen molar-refractivity contribution in [3.8, 4) is 0 Å². The maximum absolute atomic E-state index is 3.63. The molecule has 1 atom stereocenters. The molecule has 0 radical (unpaired) electrons. The van der Waals surface area contributed by atoms with E-state index in [0.717, 1.165) is 19.0 Å². The highest BCUT2D eigenvalue weighted by Gasteiger charge is 2.21. The summed E-state index contributed by atoms with van der Waals surface area (Å²) in [5, 5.41) is 3.63. The van der Waals surface area contributed by atoms with Crippen LogP contribution < -0.4 is 5.32 Å². The Morgan fingerprint density at radius 2 is 1.52 bits per heavy atom. The van der Waals surface area contributed by atoms with E-state index in [0.29, 0.717) is 5.92 Å². The molecule has 120 valence electrons. The molecule has 1 nitrogen and oxygen atoms in total. The van der Waals surface area contributed by atoms with Gasteiger partial charge in [0.25, 0.3) is 0 Å². The molecule has 1 rings (SSSR count). The molecule has 0 saturated carbocycles. The van der Waals surface area contributed by atoms with Crippen molar-refractivity contribution in [3.63, 3.8) is 0 Å². The number of benzene rings is 1. The van der Waals surface area contributed by atoms with Crippen LogP contribution >= 0.6 is 0 Å². The van der Waals surface area contributed by atoms with E-state index in [-0.39, 0.29) is 5.41 Å². The molecule has 0 heterocycles. The topological polar surface area (TPSA) is 12.0 Å². The molecule has 0 saturated heterocycles. The largest absolute Gasteiger partial charge is 0.316 e. The molecule has 1 heteroatoms. The third-order valence-electron chi connectivity index (χ3n) is 4.61. The van der Waals surface area contributed by atoms with Crippen molar-refractivity contribution in [2.24, 2.45) is 5.92 Å². The van der Waals surface area contributed by atoms with Crippen molar-refractivity contribution >= 4 is 0 Å². The quantitative estimate of drug-likeness (QED) is 0.623. The van der Waals surface area contributed by atoms with Crippen LogP contribution in [0.2, 0.25) is 0 Å². The number of hydrogen-bond donors (Lipinski definition) is 1. The van der Waals surface area contributed by atoms with E-state index >= 15 is 0 Å². The SMILES string of the molecule is CCCNCC(c1ccc(C(C)(C)C)cc1)C(CC)CC. The Balaban J connectivity index is 2.91. The van der Waals surface area contributed by atoms with Crippen molar-refractivity contribution in [3.05, 3.63) is 35.4 Å². The zero-order valence-corrected chi connectivity index (χ0v) is 15.0. The van der Waals surface area contributed by atoms with Gasteiger partial charge in [0, 0.05) is 6.54 Å². The van der Waals surface area contributed by atoms with Gasteiger partial charge >= 0.3 is 0 Å². The Kier molecular flexibility index (Phi) is 7.45. The lowest BCUT2D eigenvalue weighted by Gasteiger charge is -2.27. The fraction of sp³-hybridized carbons (Fsp3) is 0.700. The number of nitrogens with one attached hydrogen (secondary N) is 1. The summed E-state index contributed by atoms with van der Waals surface area (Å²) in [5.41, 5.74) is 3.17. The van der Waals surface area contributed by atoms with E-state index < -0.39 is 0 Å². The summed E-state index contributed by atoms with van der Waals surface area (Å²) in [6.07, 6.45) is 3.73. The first-order valence-corrected chi connectivity index (χ1v) is 8.75. The van der Waals surface area contributed by atoms with Crippen molar-refractivity contribution < 1.29 is 0 Å². The average molecular weight is 290 g/mol. The molecule has 0 aliphatic heterocycles. The van der Waals surface area contributed by atoms with Crippen LogP contribution in [-0.2, 0) is 5.41 Å². The van der Waals surface area contributed by atoms with Crippen molar-refractivity contribution in [2.75, 3.05) is 13.1 Å². The zero-order valence-electron chi connectivity index (χ0n) is 15.0. The monoisotopic (exact) mass is 289 g/mol. The van der Waals surface area contributed by atoms with Crippen molar-refractivity contribution in [1.29, 1.82) is 0 Å². The first kappa shape index (κ1) is 18.2. The molecule has 1 unspecified atom stereocenters. The smallest absolute Gasteiger partial charge is 0.00228 e. The van der Waals surface area contributed by atoms with Crippen molar-refractivity contribution in [1.82, 2.24) is 5.32 Å². The number of hydrogen-bond acceptors (Lipinski definition) is 1. The summed E-state index contributed by atoms with van der Waals surface area (Å²) in [6, 6.07) is 9.36. The molecule has 0 aliphatic rings. The first-order valence-electron chi connectivity index (χ1n) is 8.75. The van der Waals surface area contributed by atoms with Gasteiger partial charge in [-0.05, 0) is 41.3 Å². The third-order valence-corrected chi connectivity index (χ3v) is 4.61. The summed E-state index contributed by atoms with van der Waals surface area (Å²) < 4.78 is 0. The Morgan fingerprint density at radius 1 is 0.952 bits per heavy atom. The predicted molar refractivity (Wildman–Crippen MR) is 95.1 cm³/mol. The second-order valence-corrected chi connectivity index (χ2v) is 7.26. The Labute approximate surface area is 132 Å². The highest BCUT2D eigenvalue weighted by molar-refractivity contribution is 5.30. The molecule has 0 spiro atoms. The van der Waals surface area contributed by atoms with Crippen molar-refractivity contribution in [2.45, 2.75) is 72.1 Å². The fourth-order valence-corrected chi connectivity index (χ4v) is 3.08. The second-order valence-electron chi connectivity index (χ2n) is 7.26. The summed E-state index contributed by atoms with van der Waals surface area (Å²) in [6.45, 7) is 16.0. The van der Waals surface area contributed by atoms with E-state index in [4.69, 9.17) is 0 Å². The van der Waals surface area contributed by atoms with Crippen LogP contribution in [0.3, 0.4) is 0 Å². The standard InChI is InChI=1S/C20H35N/c1-7-14-21-15-19(16(8-2)9-3)17-10-12-18(13-11-17)20(4,5)6/h10-13,16,19,21H,7-9,14-15H2,1-6H3. The minimum atomic E-state index is 0.239. The van der Waals surface area contributed by atoms with Gasteiger partial charge in [-0.25, -0.2) is 0 Å². The van der Waals surface area contributed by atoms with E-state index in [1.807, 2.05) is 0 Å².